The molecule has 9 heteroatoms. The lowest BCUT2D eigenvalue weighted by atomic mass is 9.99. The third-order valence-electron chi connectivity index (χ3n) is 7.14. The number of aryl methyl sites for hydroxylation is 1. The third kappa shape index (κ3) is 6.77. The zero-order valence-electron chi connectivity index (χ0n) is 23.5. The molecule has 0 fully saturated rings. The molecule has 0 spiro atoms. The highest BCUT2D eigenvalue weighted by atomic mass is 19.3. The average Bonchev–Trinajstić information content (AvgIpc) is 2.97. The summed E-state index contributed by atoms with van der Waals surface area (Å²) in [5, 5.41) is 0. The average molecular weight is 610 g/mol. The molecule has 0 amide bonds. The summed E-state index contributed by atoms with van der Waals surface area (Å²) in [5.74, 6) is -6.42. The Morgan fingerprint density at radius 3 is 1.86 bits per heavy atom. The van der Waals surface area contributed by atoms with Crippen molar-refractivity contribution in [2.75, 3.05) is 0 Å². The SMILES string of the molecule is CCCCCc1ccc(-c2ccc(-c3cc(F)c(C(F)(F)Oc4ccc(-c5ccc(F)cc5)c(F)c4)c(F)c3)c(F)c2)nc1. The summed E-state index contributed by atoms with van der Waals surface area (Å²) in [6, 6.07) is 16.3. The van der Waals surface area contributed by atoms with Crippen molar-refractivity contribution >= 4 is 0 Å². The first-order chi connectivity index (χ1) is 21.1. The van der Waals surface area contributed by atoms with Crippen molar-refractivity contribution in [1.29, 1.82) is 0 Å². The zero-order valence-corrected chi connectivity index (χ0v) is 23.5. The molecule has 0 aliphatic heterocycles. The first-order valence-electron chi connectivity index (χ1n) is 13.9. The van der Waals surface area contributed by atoms with Gasteiger partial charge in [0.2, 0.25) is 0 Å². The van der Waals surface area contributed by atoms with Crippen molar-refractivity contribution in [2.24, 2.45) is 0 Å². The van der Waals surface area contributed by atoms with E-state index in [1.807, 2.05) is 6.07 Å². The zero-order chi connectivity index (χ0) is 31.4. The van der Waals surface area contributed by atoms with Gasteiger partial charge >= 0.3 is 6.11 Å². The maximum atomic E-state index is 15.1. The molecule has 1 aromatic heterocycles. The maximum absolute atomic E-state index is 15.1. The largest absolute Gasteiger partial charge is 0.432 e. The molecule has 2 nitrogen and oxygen atoms in total. The highest BCUT2D eigenvalue weighted by molar-refractivity contribution is 5.70. The van der Waals surface area contributed by atoms with E-state index in [4.69, 9.17) is 0 Å². The van der Waals surface area contributed by atoms with Gasteiger partial charge in [-0.1, -0.05) is 50.1 Å². The quantitative estimate of drug-likeness (QED) is 0.116. The summed E-state index contributed by atoms with van der Waals surface area (Å²) < 4.78 is 107. The summed E-state index contributed by atoms with van der Waals surface area (Å²) in [6.07, 6.45) is 1.29. The molecule has 0 aliphatic rings. The molecule has 44 heavy (non-hydrogen) atoms. The first kappa shape index (κ1) is 30.8. The van der Waals surface area contributed by atoms with Crippen LogP contribution in [0.1, 0.15) is 37.3 Å². The van der Waals surface area contributed by atoms with Gasteiger partial charge in [0, 0.05) is 29.0 Å². The molecular weight excluding hydrogens is 583 g/mol. The molecule has 0 unspecified atom stereocenters. The second kappa shape index (κ2) is 12.9. The van der Waals surface area contributed by atoms with Crippen LogP contribution in [0.4, 0.5) is 30.7 Å². The molecular formula is C35H26F7NO. The van der Waals surface area contributed by atoms with Gasteiger partial charge in [0.25, 0.3) is 0 Å². The van der Waals surface area contributed by atoms with E-state index in [9.17, 15) is 26.3 Å². The van der Waals surface area contributed by atoms with Crippen LogP contribution in [0, 0.1) is 29.1 Å². The molecule has 1 heterocycles. The van der Waals surface area contributed by atoms with Gasteiger partial charge in [-0.3, -0.25) is 4.98 Å². The van der Waals surface area contributed by atoms with Crippen molar-refractivity contribution in [3.8, 4) is 39.3 Å². The van der Waals surface area contributed by atoms with Gasteiger partial charge in [-0.2, -0.15) is 8.78 Å². The van der Waals surface area contributed by atoms with E-state index in [1.165, 1.54) is 24.3 Å². The lowest BCUT2D eigenvalue weighted by Gasteiger charge is -2.20. The van der Waals surface area contributed by atoms with Crippen LogP contribution < -0.4 is 4.74 Å². The van der Waals surface area contributed by atoms with Crippen molar-refractivity contribution in [3.05, 3.63) is 131 Å². The second-order valence-corrected chi connectivity index (χ2v) is 10.3. The molecule has 0 radical (unpaired) electrons. The Hall–Kier alpha value is -4.66. The van der Waals surface area contributed by atoms with Crippen LogP contribution in [0.25, 0.3) is 33.5 Å². The molecule has 0 N–H and O–H groups in total. The summed E-state index contributed by atoms with van der Waals surface area (Å²) in [6.45, 7) is 2.11. The highest BCUT2D eigenvalue weighted by Crippen LogP contribution is 2.39. The van der Waals surface area contributed by atoms with Crippen LogP contribution in [0.3, 0.4) is 0 Å². The van der Waals surface area contributed by atoms with Crippen molar-refractivity contribution in [3.63, 3.8) is 0 Å². The fourth-order valence-corrected chi connectivity index (χ4v) is 4.86. The van der Waals surface area contributed by atoms with Crippen LogP contribution in [-0.2, 0) is 12.5 Å². The first-order valence-corrected chi connectivity index (χ1v) is 13.9. The topological polar surface area (TPSA) is 22.1 Å². The Kier molecular flexibility index (Phi) is 9.04. The lowest BCUT2D eigenvalue weighted by Crippen LogP contribution is -2.25. The van der Waals surface area contributed by atoms with E-state index < -0.39 is 46.5 Å². The van der Waals surface area contributed by atoms with Crippen LogP contribution in [0.2, 0.25) is 0 Å². The minimum absolute atomic E-state index is 0.0226. The van der Waals surface area contributed by atoms with E-state index in [2.05, 4.69) is 16.6 Å². The van der Waals surface area contributed by atoms with Gasteiger partial charge in [0.1, 0.15) is 40.4 Å². The van der Waals surface area contributed by atoms with Gasteiger partial charge in [-0.25, -0.2) is 22.0 Å². The van der Waals surface area contributed by atoms with Crippen molar-refractivity contribution < 1.29 is 35.5 Å². The second-order valence-electron chi connectivity index (χ2n) is 10.3. The fraction of sp³-hybridized carbons (Fsp3) is 0.171. The predicted octanol–water partition coefficient (Wildman–Crippen LogP) is 10.6. The molecule has 0 saturated carbocycles. The highest BCUT2D eigenvalue weighted by Gasteiger charge is 2.41. The van der Waals surface area contributed by atoms with Gasteiger partial charge in [-0.05, 0) is 78.1 Å². The number of unbranched alkanes of at least 4 members (excludes halogenated alkanes) is 2. The Labute approximate surface area is 249 Å². The predicted molar refractivity (Wildman–Crippen MR) is 155 cm³/mol. The Morgan fingerprint density at radius 2 is 1.25 bits per heavy atom. The number of ether oxygens (including phenoxy) is 1. The molecule has 0 saturated heterocycles. The number of pyridine rings is 1. The Balaban J connectivity index is 1.35. The van der Waals surface area contributed by atoms with Crippen molar-refractivity contribution in [2.45, 2.75) is 38.7 Å². The van der Waals surface area contributed by atoms with Crippen LogP contribution in [0.5, 0.6) is 5.75 Å². The van der Waals surface area contributed by atoms with E-state index >= 15 is 4.39 Å². The number of hydrogen-bond acceptors (Lipinski definition) is 2. The molecule has 4 aromatic carbocycles. The molecule has 226 valence electrons. The maximum Gasteiger partial charge on any atom is 0.432 e. The van der Waals surface area contributed by atoms with E-state index in [0.29, 0.717) is 29.5 Å². The molecule has 0 atom stereocenters. The molecule has 5 rings (SSSR count). The van der Waals surface area contributed by atoms with Crippen LogP contribution in [0.15, 0.2) is 91.1 Å². The van der Waals surface area contributed by atoms with Crippen molar-refractivity contribution in [1.82, 2.24) is 4.98 Å². The smallest absolute Gasteiger partial charge is 0.429 e. The van der Waals surface area contributed by atoms with Crippen LogP contribution in [-0.4, -0.2) is 4.98 Å². The van der Waals surface area contributed by atoms with Crippen LogP contribution >= 0.6 is 0 Å². The number of hydrogen-bond donors (Lipinski definition) is 0. The number of nitrogens with zero attached hydrogens (tertiary/aromatic N) is 1. The molecule has 5 aromatic rings. The van der Waals surface area contributed by atoms with Gasteiger partial charge in [0.05, 0.1) is 5.69 Å². The fourth-order valence-electron chi connectivity index (χ4n) is 4.86. The number of alkyl halides is 2. The number of aromatic nitrogens is 1. The standard InChI is InChI=1S/C35H26F7NO/c1-2-3-4-5-21-6-15-33(43-20-21)23-9-13-28(29(37)16-23)24-17-31(39)34(32(40)18-24)35(41,42)44-26-12-14-27(30(38)19-26)22-7-10-25(36)11-8-22/h6-20H,2-5H2,1H3. The number of rotatable bonds is 10. The van der Waals surface area contributed by atoms with E-state index in [-0.39, 0.29) is 22.3 Å². The summed E-state index contributed by atoms with van der Waals surface area (Å²) >= 11 is 0. The van der Waals surface area contributed by atoms with E-state index in [1.54, 1.807) is 12.3 Å². The normalized spacial score (nSPS) is 11.5. The summed E-state index contributed by atoms with van der Waals surface area (Å²) in [7, 11) is 0. The number of benzene rings is 4. The van der Waals surface area contributed by atoms with Gasteiger partial charge in [-0.15, -0.1) is 0 Å². The van der Waals surface area contributed by atoms with Gasteiger partial charge < -0.3 is 4.74 Å². The Morgan fingerprint density at radius 1 is 0.636 bits per heavy atom. The summed E-state index contributed by atoms with van der Waals surface area (Å²) in [4.78, 5) is 4.38. The third-order valence-corrected chi connectivity index (χ3v) is 7.14. The number of halogens is 7. The molecule has 0 bridgehead atoms. The lowest BCUT2D eigenvalue weighted by molar-refractivity contribution is -0.189. The monoisotopic (exact) mass is 609 g/mol. The van der Waals surface area contributed by atoms with E-state index in [0.717, 1.165) is 61.6 Å². The minimum Gasteiger partial charge on any atom is -0.429 e. The minimum atomic E-state index is -4.55. The van der Waals surface area contributed by atoms with Gasteiger partial charge in [0.15, 0.2) is 0 Å². The Bertz CT molecular complexity index is 1750. The molecule has 0 aliphatic carbocycles. The summed E-state index contributed by atoms with van der Waals surface area (Å²) in [5.41, 5.74) is 0.00732.